The molecule has 1 aromatic carbocycles. The van der Waals surface area contributed by atoms with Crippen LogP contribution in [0, 0.1) is 5.92 Å². The molecular formula is C16H21N3. The van der Waals surface area contributed by atoms with Crippen molar-refractivity contribution in [3.8, 4) is 0 Å². The van der Waals surface area contributed by atoms with Crippen LogP contribution in [0.5, 0.6) is 0 Å². The molecule has 3 nitrogen and oxygen atoms in total. The zero-order valence-electron chi connectivity index (χ0n) is 11.6. The van der Waals surface area contributed by atoms with E-state index in [-0.39, 0.29) is 0 Å². The van der Waals surface area contributed by atoms with Gasteiger partial charge in [0, 0.05) is 29.9 Å². The van der Waals surface area contributed by atoms with E-state index in [4.69, 9.17) is 5.73 Å². The molecule has 100 valence electrons. The minimum absolute atomic E-state index is 0.570. The molecule has 2 heterocycles. The number of para-hydroxylation sites is 1. The Hall–Kier alpha value is -1.77. The molecule has 1 saturated heterocycles. The zero-order chi connectivity index (χ0) is 13.4. The van der Waals surface area contributed by atoms with Crippen LogP contribution in [0.4, 0.5) is 11.4 Å². The third-order valence-corrected chi connectivity index (χ3v) is 4.46. The van der Waals surface area contributed by atoms with Gasteiger partial charge in [-0.05, 0) is 37.8 Å². The summed E-state index contributed by atoms with van der Waals surface area (Å²) in [6.07, 6.45) is 4.46. The topological polar surface area (TPSA) is 42.2 Å². The van der Waals surface area contributed by atoms with Gasteiger partial charge in [-0.15, -0.1) is 0 Å². The van der Waals surface area contributed by atoms with Gasteiger partial charge in [-0.25, -0.2) is 0 Å². The lowest BCUT2D eigenvalue weighted by molar-refractivity contribution is 0.364. The standard InChI is InChI=1S/C16H21N3/c1-11-5-4-10-19(12(11)2)15-8-9-18-16-13(15)6-3-7-14(16)17/h3,6-9,11-12H,4-5,10,17H2,1-2H3. The second kappa shape index (κ2) is 4.72. The molecule has 3 heteroatoms. The monoisotopic (exact) mass is 255 g/mol. The summed E-state index contributed by atoms with van der Waals surface area (Å²) in [5.74, 6) is 0.734. The number of rotatable bonds is 1. The highest BCUT2D eigenvalue weighted by atomic mass is 15.2. The fraction of sp³-hybridized carbons (Fsp3) is 0.438. The Balaban J connectivity index is 2.12. The number of fused-ring (bicyclic) bond motifs is 1. The highest BCUT2D eigenvalue weighted by Crippen LogP contribution is 2.34. The van der Waals surface area contributed by atoms with Gasteiger partial charge in [0.15, 0.2) is 0 Å². The van der Waals surface area contributed by atoms with Crippen molar-refractivity contribution < 1.29 is 0 Å². The number of hydrogen-bond acceptors (Lipinski definition) is 3. The van der Waals surface area contributed by atoms with Crippen LogP contribution in [0.15, 0.2) is 30.5 Å². The van der Waals surface area contributed by atoms with Gasteiger partial charge in [-0.3, -0.25) is 4.98 Å². The van der Waals surface area contributed by atoms with E-state index in [1.807, 2.05) is 18.3 Å². The van der Waals surface area contributed by atoms with Crippen LogP contribution in [0.3, 0.4) is 0 Å². The van der Waals surface area contributed by atoms with Gasteiger partial charge < -0.3 is 10.6 Å². The number of anilines is 2. The minimum Gasteiger partial charge on any atom is -0.397 e. The van der Waals surface area contributed by atoms with E-state index in [1.165, 1.54) is 23.9 Å². The molecule has 0 radical (unpaired) electrons. The average Bonchev–Trinajstić information content (AvgIpc) is 2.42. The predicted octanol–water partition coefficient (Wildman–Crippen LogP) is 3.44. The first-order valence-corrected chi connectivity index (χ1v) is 7.08. The van der Waals surface area contributed by atoms with Crippen molar-refractivity contribution in [3.05, 3.63) is 30.5 Å². The first-order valence-electron chi connectivity index (χ1n) is 7.08. The lowest BCUT2D eigenvalue weighted by Gasteiger charge is -2.40. The van der Waals surface area contributed by atoms with Crippen molar-refractivity contribution in [2.75, 3.05) is 17.2 Å². The van der Waals surface area contributed by atoms with Crippen LogP contribution in [0.25, 0.3) is 10.9 Å². The molecule has 1 aliphatic rings. The summed E-state index contributed by atoms with van der Waals surface area (Å²) in [5, 5.41) is 1.17. The van der Waals surface area contributed by atoms with Crippen LogP contribution in [0.1, 0.15) is 26.7 Å². The molecule has 0 saturated carbocycles. The number of piperidine rings is 1. The van der Waals surface area contributed by atoms with Crippen molar-refractivity contribution >= 4 is 22.3 Å². The summed E-state index contributed by atoms with van der Waals surface area (Å²) in [5.41, 5.74) is 8.99. The summed E-state index contributed by atoms with van der Waals surface area (Å²) in [6.45, 7) is 5.79. The molecule has 0 aliphatic carbocycles. The van der Waals surface area contributed by atoms with E-state index in [2.05, 4.69) is 35.9 Å². The Morgan fingerprint density at radius 2 is 2.11 bits per heavy atom. The molecule has 1 aromatic heterocycles. The van der Waals surface area contributed by atoms with Gasteiger partial charge in [-0.1, -0.05) is 19.1 Å². The molecule has 3 rings (SSSR count). The van der Waals surface area contributed by atoms with Crippen molar-refractivity contribution in [2.24, 2.45) is 5.92 Å². The quantitative estimate of drug-likeness (QED) is 0.794. The number of benzene rings is 1. The van der Waals surface area contributed by atoms with Crippen LogP contribution in [0.2, 0.25) is 0 Å². The van der Waals surface area contributed by atoms with E-state index in [0.717, 1.165) is 23.7 Å². The van der Waals surface area contributed by atoms with Gasteiger partial charge in [0.1, 0.15) is 0 Å². The molecule has 1 fully saturated rings. The van der Waals surface area contributed by atoms with Crippen LogP contribution in [-0.2, 0) is 0 Å². The molecule has 2 atom stereocenters. The highest BCUT2D eigenvalue weighted by molar-refractivity contribution is 5.98. The number of nitrogen functional groups attached to an aromatic ring is 1. The zero-order valence-corrected chi connectivity index (χ0v) is 11.6. The lowest BCUT2D eigenvalue weighted by atomic mass is 9.91. The summed E-state index contributed by atoms with van der Waals surface area (Å²) in [7, 11) is 0. The summed E-state index contributed by atoms with van der Waals surface area (Å²) < 4.78 is 0. The first kappa shape index (κ1) is 12.3. The van der Waals surface area contributed by atoms with E-state index < -0.39 is 0 Å². The summed E-state index contributed by atoms with van der Waals surface area (Å²) in [4.78, 5) is 6.94. The van der Waals surface area contributed by atoms with E-state index in [0.29, 0.717) is 6.04 Å². The van der Waals surface area contributed by atoms with Gasteiger partial charge in [0.25, 0.3) is 0 Å². The SMILES string of the molecule is CC1CCCN(c2ccnc3c(N)cccc23)C1C. The third-order valence-electron chi connectivity index (χ3n) is 4.46. The number of pyridine rings is 1. The molecule has 2 unspecified atom stereocenters. The van der Waals surface area contributed by atoms with E-state index >= 15 is 0 Å². The maximum absolute atomic E-state index is 6.04. The second-order valence-corrected chi connectivity index (χ2v) is 5.63. The Kier molecular flexibility index (Phi) is 3.05. The normalized spacial score (nSPS) is 23.8. The van der Waals surface area contributed by atoms with Gasteiger partial charge >= 0.3 is 0 Å². The van der Waals surface area contributed by atoms with Gasteiger partial charge in [-0.2, -0.15) is 0 Å². The molecule has 2 N–H and O–H groups in total. The van der Waals surface area contributed by atoms with E-state index in [1.54, 1.807) is 0 Å². The van der Waals surface area contributed by atoms with Crippen molar-refractivity contribution in [1.82, 2.24) is 4.98 Å². The summed E-state index contributed by atoms with van der Waals surface area (Å²) in [6, 6.07) is 8.75. The third kappa shape index (κ3) is 2.03. The van der Waals surface area contributed by atoms with Gasteiger partial charge in [0.2, 0.25) is 0 Å². The molecule has 19 heavy (non-hydrogen) atoms. The fourth-order valence-electron chi connectivity index (χ4n) is 3.11. The Labute approximate surface area is 114 Å². The van der Waals surface area contributed by atoms with Crippen LogP contribution < -0.4 is 10.6 Å². The average molecular weight is 255 g/mol. The molecule has 0 amide bonds. The lowest BCUT2D eigenvalue weighted by Crippen LogP contribution is -2.42. The number of nitrogens with two attached hydrogens (primary N) is 1. The molecule has 2 aromatic rings. The summed E-state index contributed by atoms with van der Waals surface area (Å²) >= 11 is 0. The van der Waals surface area contributed by atoms with Crippen LogP contribution >= 0.6 is 0 Å². The smallest absolute Gasteiger partial charge is 0.0951 e. The second-order valence-electron chi connectivity index (χ2n) is 5.63. The van der Waals surface area contributed by atoms with Crippen molar-refractivity contribution in [2.45, 2.75) is 32.7 Å². The molecule has 0 bridgehead atoms. The maximum atomic E-state index is 6.04. The predicted molar refractivity (Wildman–Crippen MR) is 81.4 cm³/mol. The Morgan fingerprint density at radius 3 is 2.95 bits per heavy atom. The first-order chi connectivity index (χ1) is 9.18. The molecule has 0 spiro atoms. The number of hydrogen-bond donors (Lipinski definition) is 1. The van der Waals surface area contributed by atoms with Crippen LogP contribution in [-0.4, -0.2) is 17.6 Å². The fourth-order valence-corrected chi connectivity index (χ4v) is 3.11. The van der Waals surface area contributed by atoms with E-state index in [9.17, 15) is 0 Å². The number of nitrogens with zero attached hydrogens (tertiary/aromatic N) is 2. The molecular weight excluding hydrogens is 234 g/mol. The largest absolute Gasteiger partial charge is 0.397 e. The molecule has 1 aliphatic heterocycles. The van der Waals surface area contributed by atoms with Gasteiger partial charge in [0.05, 0.1) is 11.2 Å². The number of aromatic nitrogens is 1. The maximum Gasteiger partial charge on any atom is 0.0951 e. The Bertz CT molecular complexity index is 594. The minimum atomic E-state index is 0.570. The highest BCUT2D eigenvalue weighted by Gasteiger charge is 2.26. The van der Waals surface area contributed by atoms with Crippen molar-refractivity contribution in [1.29, 1.82) is 0 Å². The Morgan fingerprint density at radius 1 is 1.26 bits per heavy atom. The van der Waals surface area contributed by atoms with Crippen molar-refractivity contribution in [3.63, 3.8) is 0 Å².